The van der Waals surface area contributed by atoms with Crippen molar-refractivity contribution in [3.63, 3.8) is 0 Å². The Bertz CT molecular complexity index is 354. The molecule has 0 aliphatic heterocycles. The number of alkyl halides is 1. The van der Waals surface area contributed by atoms with Crippen LogP contribution in [0.3, 0.4) is 0 Å². The average molecular weight is 216 g/mol. The summed E-state index contributed by atoms with van der Waals surface area (Å²) < 4.78 is 4.89. The molecule has 0 aliphatic carbocycles. The lowest BCUT2D eigenvalue weighted by molar-refractivity contribution is 0.398. The lowest BCUT2D eigenvalue weighted by Gasteiger charge is -2.00. The van der Waals surface area contributed by atoms with E-state index in [1.807, 2.05) is 0 Å². The fraction of sp³-hybridized carbons (Fsp3) is 0.222. The summed E-state index contributed by atoms with van der Waals surface area (Å²) in [4.78, 5) is 3.95. The van der Waals surface area contributed by atoms with Gasteiger partial charge in [-0.25, -0.2) is 4.98 Å². The van der Waals surface area contributed by atoms with Crippen LogP contribution in [-0.4, -0.2) is 18.0 Å². The van der Waals surface area contributed by atoms with Crippen LogP contribution in [0.25, 0.3) is 0 Å². The molecule has 13 heavy (non-hydrogen) atoms. The van der Waals surface area contributed by atoms with Crippen LogP contribution in [0.15, 0.2) is 12.3 Å². The summed E-state index contributed by atoms with van der Waals surface area (Å²) in [5.41, 5.74) is 0.728. The molecule has 68 valence electrons. The molecule has 2 nitrogen and oxygen atoms in total. The summed E-state index contributed by atoms with van der Waals surface area (Å²) >= 11 is 11.2. The lowest BCUT2D eigenvalue weighted by Crippen LogP contribution is -1.89. The fourth-order valence-electron chi connectivity index (χ4n) is 0.779. The van der Waals surface area contributed by atoms with E-state index < -0.39 is 0 Å². The molecule has 0 saturated heterocycles. The van der Waals surface area contributed by atoms with Gasteiger partial charge in [0.25, 0.3) is 0 Å². The van der Waals surface area contributed by atoms with Crippen molar-refractivity contribution in [2.45, 2.75) is 0 Å². The first-order chi connectivity index (χ1) is 6.27. The summed E-state index contributed by atoms with van der Waals surface area (Å²) in [5, 5.41) is 0.448. The minimum absolute atomic E-state index is 0.295. The van der Waals surface area contributed by atoms with E-state index in [9.17, 15) is 0 Å². The molecule has 0 bridgehead atoms. The van der Waals surface area contributed by atoms with Crippen LogP contribution in [-0.2, 0) is 0 Å². The highest BCUT2D eigenvalue weighted by molar-refractivity contribution is 6.31. The monoisotopic (exact) mass is 215 g/mol. The minimum atomic E-state index is 0.295. The van der Waals surface area contributed by atoms with E-state index in [1.54, 1.807) is 12.3 Å². The summed E-state index contributed by atoms with van der Waals surface area (Å²) in [5.74, 6) is 6.20. The Hall–Kier alpha value is -0.910. The van der Waals surface area contributed by atoms with Gasteiger partial charge in [-0.2, -0.15) is 0 Å². The number of ether oxygens (including phenoxy) is 1. The smallest absolute Gasteiger partial charge is 0.232 e. The van der Waals surface area contributed by atoms with E-state index in [0.717, 1.165) is 5.56 Å². The van der Waals surface area contributed by atoms with Crippen LogP contribution >= 0.6 is 23.2 Å². The first kappa shape index (κ1) is 10.2. The van der Waals surface area contributed by atoms with Crippen LogP contribution in [0.1, 0.15) is 5.56 Å². The van der Waals surface area contributed by atoms with Crippen LogP contribution in [0.4, 0.5) is 0 Å². The lowest BCUT2D eigenvalue weighted by atomic mass is 10.3. The van der Waals surface area contributed by atoms with Crippen molar-refractivity contribution in [1.29, 1.82) is 0 Å². The summed E-state index contributed by atoms with van der Waals surface area (Å²) in [6.07, 6.45) is 1.59. The standard InChI is InChI=1S/C9H7Cl2NO/c1-13-9-8(11)5-7(6-12-9)3-2-4-10/h5-6H,4H2,1H3. The first-order valence-corrected chi connectivity index (χ1v) is 4.43. The largest absolute Gasteiger partial charge is 0.480 e. The third-order valence-corrected chi connectivity index (χ3v) is 1.70. The SMILES string of the molecule is COc1ncc(C#CCCl)cc1Cl. The Labute approximate surface area is 86.8 Å². The molecule has 1 aromatic heterocycles. The van der Waals surface area contributed by atoms with Gasteiger partial charge in [-0.1, -0.05) is 23.4 Å². The zero-order chi connectivity index (χ0) is 9.68. The molecule has 0 unspecified atom stereocenters. The van der Waals surface area contributed by atoms with Gasteiger partial charge in [0.2, 0.25) is 5.88 Å². The molecule has 1 rings (SSSR count). The molecule has 1 heterocycles. The normalized spacial score (nSPS) is 8.85. The second kappa shape index (κ2) is 4.96. The van der Waals surface area contributed by atoms with Crippen molar-refractivity contribution >= 4 is 23.2 Å². The van der Waals surface area contributed by atoms with Crippen LogP contribution in [0, 0.1) is 11.8 Å². The van der Waals surface area contributed by atoms with Gasteiger partial charge in [0.05, 0.1) is 13.0 Å². The number of pyridine rings is 1. The van der Waals surface area contributed by atoms with Gasteiger partial charge in [0.1, 0.15) is 5.02 Å². The number of methoxy groups -OCH3 is 1. The van der Waals surface area contributed by atoms with Crippen molar-refractivity contribution in [1.82, 2.24) is 4.98 Å². The molecule has 0 saturated carbocycles. The third-order valence-electron chi connectivity index (χ3n) is 1.30. The second-order valence-electron chi connectivity index (χ2n) is 2.15. The van der Waals surface area contributed by atoms with Gasteiger partial charge < -0.3 is 4.74 Å². The van der Waals surface area contributed by atoms with E-state index in [4.69, 9.17) is 27.9 Å². The second-order valence-corrected chi connectivity index (χ2v) is 2.82. The van der Waals surface area contributed by atoms with Crippen molar-refractivity contribution in [3.05, 3.63) is 22.8 Å². The van der Waals surface area contributed by atoms with Crippen molar-refractivity contribution in [2.24, 2.45) is 0 Å². The highest BCUT2D eigenvalue weighted by Gasteiger charge is 2.00. The van der Waals surface area contributed by atoms with Gasteiger partial charge in [-0.15, -0.1) is 11.6 Å². The summed E-state index contributed by atoms with van der Waals surface area (Å²) in [6, 6.07) is 1.69. The molecule has 0 N–H and O–H groups in total. The van der Waals surface area contributed by atoms with E-state index >= 15 is 0 Å². The van der Waals surface area contributed by atoms with Crippen LogP contribution < -0.4 is 4.74 Å². The van der Waals surface area contributed by atoms with E-state index in [-0.39, 0.29) is 0 Å². The number of aromatic nitrogens is 1. The van der Waals surface area contributed by atoms with Crippen molar-refractivity contribution in [2.75, 3.05) is 13.0 Å². The molecule has 0 radical (unpaired) electrons. The zero-order valence-electron chi connectivity index (χ0n) is 6.97. The van der Waals surface area contributed by atoms with Gasteiger partial charge in [-0.3, -0.25) is 0 Å². The highest BCUT2D eigenvalue weighted by Crippen LogP contribution is 2.21. The molecule has 0 aliphatic rings. The molecule has 0 spiro atoms. The maximum absolute atomic E-state index is 5.82. The van der Waals surface area contributed by atoms with E-state index in [2.05, 4.69) is 16.8 Å². The van der Waals surface area contributed by atoms with E-state index in [1.165, 1.54) is 7.11 Å². The zero-order valence-corrected chi connectivity index (χ0v) is 8.49. The summed E-state index contributed by atoms with van der Waals surface area (Å²) in [6.45, 7) is 0. The maximum Gasteiger partial charge on any atom is 0.232 e. The average Bonchev–Trinajstić information content (AvgIpc) is 2.15. The molecule has 4 heteroatoms. The number of rotatable bonds is 1. The molecule has 0 fully saturated rings. The van der Waals surface area contributed by atoms with Gasteiger partial charge in [0, 0.05) is 11.8 Å². The molecule has 0 aromatic carbocycles. The Morgan fingerprint density at radius 3 is 2.92 bits per heavy atom. The number of halogens is 2. The molecule has 0 amide bonds. The minimum Gasteiger partial charge on any atom is -0.480 e. The molecular formula is C9H7Cl2NO. The van der Waals surface area contributed by atoms with E-state index in [0.29, 0.717) is 16.8 Å². The predicted octanol–water partition coefficient (Wildman–Crippen LogP) is 2.33. The molecule has 1 aromatic rings. The molecular weight excluding hydrogens is 209 g/mol. The Morgan fingerprint density at radius 1 is 1.62 bits per heavy atom. The number of hydrogen-bond donors (Lipinski definition) is 0. The maximum atomic E-state index is 5.82. The topological polar surface area (TPSA) is 22.1 Å². The Balaban J connectivity index is 2.96. The van der Waals surface area contributed by atoms with Crippen molar-refractivity contribution < 1.29 is 4.74 Å². The summed E-state index contributed by atoms with van der Waals surface area (Å²) in [7, 11) is 1.51. The van der Waals surface area contributed by atoms with Crippen LogP contribution in [0.2, 0.25) is 5.02 Å². The molecule has 0 atom stereocenters. The van der Waals surface area contributed by atoms with Crippen molar-refractivity contribution in [3.8, 4) is 17.7 Å². The number of hydrogen-bond acceptors (Lipinski definition) is 2. The first-order valence-electron chi connectivity index (χ1n) is 3.52. The predicted molar refractivity (Wildman–Crippen MR) is 53.4 cm³/mol. The van der Waals surface area contributed by atoms with Crippen LogP contribution in [0.5, 0.6) is 5.88 Å². The number of nitrogens with zero attached hydrogens (tertiary/aromatic N) is 1. The highest BCUT2D eigenvalue weighted by atomic mass is 35.5. The fourth-order valence-corrected chi connectivity index (χ4v) is 1.09. The van der Waals surface area contributed by atoms with Gasteiger partial charge in [0.15, 0.2) is 0 Å². The van der Waals surface area contributed by atoms with Gasteiger partial charge >= 0.3 is 0 Å². The quantitative estimate of drug-likeness (QED) is 0.530. The third kappa shape index (κ3) is 2.80. The Kier molecular flexibility index (Phi) is 3.88. The Morgan fingerprint density at radius 2 is 2.38 bits per heavy atom. The van der Waals surface area contributed by atoms with Gasteiger partial charge in [-0.05, 0) is 6.07 Å².